The minimum atomic E-state index is 0.500. The Morgan fingerprint density at radius 2 is 2.19 bits per heavy atom. The molecule has 1 fully saturated rings. The fourth-order valence-electron chi connectivity index (χ4n) is 3.90. The van der Waals surface area contributed by atoms with Crippen LogP contribution in [0.3, 0.4) is 0 Å². The summed E-state index contributed by atoms with van der Waals surface area (Å²) in [4.78, 5) is 2.75. The van der Waals surface area contributed by atoms with Crippen molar-refractivity contribution >= 4 is 0 Å². The number of para-hydroxylation sites is 1. The molecule has 0 aliphatic carbocycles. The van der Waals surface area contributed by atoms with Crippen LogP contribution in [0.5, 0.6) is 5.75 Å². The van der Waals surface area contributed by atoms with Gasteiger partial charge in [-0.15, -0.1) is 0 Å². The number of piperidine rings is 1. The number of nitrogens with zero attached hydrogens (tertiary/aromatic N) is 1. The predicted molar refractivity (Wildman–Crippen MR) is 86.7 cm³/mol. The smallest absolute Gasteiger partial charge is 0.124 e. The highest BCUT2D eigenvalue weighted by Crippen LogP contribution is 2.40. The van der Waals surface area contributed by atoms with Gasteiger partial charge in [0.1, 0.15) is 5.75 Å². The Morgan fingerprint density at radius 3 is 2.95 bits per heavy atom. The molecule has 0 spiro atoms. The molecule has 116 valence electrons. The molecule has 3 rings (SSSR count). The molecule has 21 heavy (non-hydrogen) atoms. The van der Waals surface area contributed by atoms with Gasteiger partial charge in [-0.2, -0.15) is 0 Å². The number of hydrogen-bond donors (Lipinski definition) is 1. The van der Waals surface area contributed by atoms with E-state index in [-0.39, 0.29) is 0 Å². The second-order valence-corrected chi connectivity index (χ2v) is 6.51. The second kappa shape index (κ2) is 6.80. The summed E-state index contributed by atoms with van der Waals surface area (Å²) in [6.45, 7) is 8.94. The van der Waals surface area contributed by atoms with Crippen molar-refractivity contribution < 1.29 is 4.74 Å². The van der Waals surface area contributed by atoms with Crippen molar-refractivity contribution in [2.24, 2.45) is 5.92 Å². The number of ether oxygens (including phenoxy) is 1. The second-order valence-electron chi connectivity index (χ2n) is 6.51. The van der Waals surface area contributed by atoms with Crippen LogP contribution in [0.1, 0.15) is 44.7 Å². The first-order valence-electron chi connectivity index (χ1n) is 8.49. The summed E-state index contributed by atoms with van der Waals surface area (Å²) in [5.74, 6) is 1.64. The van der Waals surface area contributed by atoms with Crippen LogP contribution < -0.4 is 10.1 Å². The third kappa shape index (κ3) is 3.09. The van der Waals surface area contributed by atoms with Gasteiger partial charge in [0.25, 0.3) is 0 Å². The predicted octanol–water partition coefficient (Wildman–Crippen LogP) is 3.22. The van der Waals surface area contributed by atoms with E-state index in [4.69, 9.17) is 4.74 Å². The van der Waals surface area contributed by atoms with Gasteiger partial charge in [0.05, 0.1) is 6.61 Å². The quantitative estimate of drug-likeness (QED) is 0.920. The van der Waals surface area contributed by atoms with Gasteiger partial charge < -0.3 is 10.1 Å². The fourth-order valence-corrected chi connectivity index (χ4v) is 3.90. The molecule has 0 radical (unpaired) electrons. The van der Waals surface area contributed by atoms with Gasteiger partial charge in [-0.1, -0.05) is 32.0 Å². The third-order valence-electron chi connectivity index (χ3n) is 4.86. The SMILES string of the molecule is CCCN(C1CCCNC1)C1c2ccccc2OCC1C. The van der Waals surface area contributed by atoms with E-state index in [9.17, 15) is 0 Å². The first-order valence-corrected chi connectivity index (χ1v) is 8.49. The molecular weight excluding hydrogens is 260 g/mol. The monoisotopic (exact) mass is 288 g/mol. The van der Waals surface area contributed by atoms with E-state index in [2.05, 4.69) is 48.3 Å². The van der Waals surface area contributed by atoms with Gasteiger partial charge >= 0.3 is 0 Å². The zero-order chi connectivity index (χ0) is 14.7. The molecule has 3 unspecified atom stereocenters. The Balaban J connectivity index is 1.90. The molecule has 3 heteroatoms. The summed E-state index contributed by atoms with van der Waals surface area (Å²) in [7, 11) is 0. The lowest BCUT2D eigenvalue weighted by Crippen LogP contribution is -2.50. The average molecular weight is 288 g/mol. The molecule has 0 amide bonds. The summed E-state index contributed by atoms with van der Waals surface area (Å²) in [5, 5.41) is 3.58. The highest BCUT2D eigenvalue weighted by molar-refractivity contribution is 5.38. The van der Waals surface area contributed by atoms with Crippen LogP contribution in [0.4, 0.5) is 0 Å². The number of hydrogen-bond acceptors (Lipinski definition) is 3. The molecule has 0 aromatic heterocycles. The molecule has 1 N–H and O–H groups in total. The molecule has 3 atom stereocenters. The van der Waals surface area contributed by atoms with Crippen molar-refractivity contribution in [3.8, 4) is 5.75 Å². The lowest BCUT2D eigenvalue weighted by atomic mass is 9.88. The molecule has 1 saturated heterocycles. The Morgan fingerprint density at radius 1 is 1.33 bits per heavy atom. The number of nitrogens with one attached hydrogen (secondary N) is 1. The minimum Gasteiger partial charge on any atom is -0.493 e. The summed E-state index contributed by atoms with van der Waals surface area (Å²) in [6.07, 6.45) is 3.83. The van der Waals surface area contributed by atoms with Crippen LogP contribution >= 0.6 is 0 Å². The Hall–Kier alpha value is -1.06. The van der Waals surface area contributed by atoms with Gasteiger partial charge in [-0.3, -0.25) is 4.90 Å². The van der Waals surface area contributed by atoms with Crippen LogP contribution in [0, 0.1) is 5.92 Å². The van der Waals surface area contributed by atoms with Crippen molar-refractivity contribution in [2.75, 3.05) is 26.2 Å². The van der Waals surface area contributed by atoms with E-state index in [1.54, 1.807) is 0 Å². The van der Waals surface area contributed by atoms with Crippen LogP contribution in [-0.2, 0) is 0 Å². The molecule has 2 aliphatic rings. The first kappa shape index (κ1) is 14.9. The van der Waals surface area contributed by atoms with Crippen LogP contribution in [-0.4, -0.2) is 37.2 Å². The van der Waals surface area contributed by atoms with Crippen molar-refractivity contribution in [1.82, 2.24) is 10.2 Å². The summed E-state index contributed by atoms with van der Waals surface area (Å²) in [5.41, 5.74) is 1.38. The highest BCUT2D eigenvalue weighted by atomic mass is 16.5. The maximum absolute atomic E-state index is 5.94. The van der Waals surface area contributed by atoms with Crippen LogP contribution in [0.15, 0.2) is 24.3 Å². The number of fused-ring (bicyclic) bond motifs is 1. The van der Waals surface area contributed by atoms with Crippen molar-refractivity contribution in [1.29, 1.82) is 0 Å². The molecular formula is C18H28N2O. The van der Waals surface area contributed by atoms with Crippen molar-refractivity contribution in [3.05, 3.63) is 29.8 Å². The molecule has 3 nitrogen and oxygen atoms in total. The zero-order valence-electron chi connectivity index (χ0n) is 13.3. The van der Waals surface area contributed by atoms with Crippen molar-refractivity contribution in [2.45, 2.75) is 45.2 Å². The standard InChI is InChI=1S/C18H28N2O/c1-3-11-20(15-7-6-10-19-12-15)18-14(2)13-21-17-9-5-4-8-16(17)18/h4-5,8-9,14-15,18-19H,3,6-7,10-13H2,1-2H3. The largest absolute Gasteiger partial charge is 0.493 e. The first-order chi connectivity index (χ1) is 10.3. The Labute approximate surface area is 128 Å². The average Bonchev–Trinajstić information content (AvgIpc) is 2.54. The number of rotatable bonds is 4. The van der Waals surface area contributed by atoms with Gasteiger partial charge in [0.2, 0.25) is 0 Å². The minimum absolute atomic E-state index is 0.500. The van der Waals surface area contributed by atoms with Gasteiger partial charge in [0.15, 0.2) is 0 Å². The molecule has 0 bridgehead atoms. The normalized spacial score (nSPS) is 29.0. The van der Waals surface area contributed by atoms with Gasteiger partial charge in [-0.05, 0) is 38.4 Å². The lowest BCUT2D eigenvalue weighted by Gasteiger charge is -2.45. The van der Waals surface area contributed by atoms with Gasteiger partial charge in [-0.25, -0.2) is 0 Å². The van der Waals surface area contributed by atoms with Crippen LogP contribution in [0.2, 0.25) is 0 Å². The Bertz CT molecular complexity index is 456. The van der Waals surface area contributed by atoms with Crippen molar-refractivity contribution in [3.63, 3.8) is 0 Å². The summed E-state index contributed by atoms with van der Waals surface area (Å²) in [6, 6.07) is 9.78. The summed E-state index contributed by atoms with van der Waals surface area (Å²) >= 11 is 0. The zero-order valence-corrected chi connectivity index (χ0v) is 13.3. The topological polar surface area (TPSA) is 24.5 Å². The third-order valence-corrected chi connectivity index (χ3v) is 4.86. The Kier molecular flexibility index (Phi) is 4.81. The molecule has 2 aliphatic heterocycles. The lowest BCUT2D eigenvalue weighted by molar-refractivity contribution is 0.0458. The maximum atomic E-state index is 5.94. The van der Waals surface area contributed by atoms with E-state index < -0.39 is 0 Å². The molecule has 1 aromatic rings. The maximum Gasteiger partial charge on any atom is 0.124 e. The summed E-state index contributed by atoms with van der Waals surface area (Å²) < 4.78 is 5.94. The van der Waals surface area contributed by atoms with E-state index in [0.29, 0.717) is 18.0 Å². The van der Waals surface area contributed by atoms with E-state index in [0.717, 1.165) is 18.9 Å². The number of benzene rings is 1. The fraction of sp³-hybridized carbons (Fsp3) is 0.667. The molecule has 2 heterocycles. The highest BCUT2D eigenvalue weighted by Gasteiger charge is 2.35. The molecule has 1 aromatic carbocycles. The van der Waals surface area contributed by atoms with E-state index in [1.165, 1.54) is 37.9 Å². The molecule has 0 saturated carbocycles. The van der Waals surface area contributed by atoms with Gasteiger partial charge in [0, 0.05) is 30.1 Å². The van der Waals surface area contributed by atoms with Crippen LogP contribution in [0.25, 0.3) is 0 Å². The van der Waals surface area contributed by atoms with E-state index >= 15 is 0 Å². The van der Waals surface area contributed by atoms with E-state index in [1.807, 2.05) is 0 Å².